The second-order valence-electron chi connectivity index (χ2n) is 7.54. The predicted molar refractivity (Wildman–Crippen MR) is 96.8 cm³/mol. The normalized spacial score (nSPS) is 27.5. The van der Waals surface area contributed by atoms with Crippen molar-refractivity contribution in [2.45, 2.75) is 25.2 Å². The lowest BCUT2D eigenvalue weighted by atomic mass is 9.86. The maximum absolute atomic E-state index is 13.0. The number of nitrogens with zero attached hydrogens (tertiary/aromatic N) is 5. The molecule has 11 heteroatoms. The minimum atomic E-state index is -4.55. The average Bonchev–Trinajstić information content (AvgIpc) is 3.41. The first kappa shape index (κ1) is 18.1. The van der Waals surface area contributed by atoms with Crippen LogP contribution in [0.2, 0.25) is 0 Å². The van der Waals surface area contributed by atoms with Gasteiger partial charge >= 0.3 is 6.18 Å². The molecule has 152 valence electrons. The summed E-state index contributed by atoms with van der Waals surface area (Å²) in [6.07, 6.45) is 3.81. The van der Waals surface area contributed by atoms with E-state index in [1.165, 1.54) is 10.6 Å². The summed E-state index contributed by atoms with van der Waals surface area (Å²) in [6, 6.07) is 0. The first-order valence-corrected chi connectivity index (χ1v) is 9.30. The molecule has 2 aromatic rings. The molecule has 0 aliphatic carbocycles. The van der Waals surface area contributed by atoms with E-state index in [1.807, 2.05) is 6.08 Å². The van der Waals surface area contributed by atoms with E-state index in [0.29, 0.717) is 30.3 Å². The van der Waals surface area contributed by atoms with Gasteiger partial charge in [-0.2, -0.15) is 13.2 Å². The molecule has 0 radical (unpaired) electrons. The van der Waals surface area contributed by atoms with E-state index in [0.717, 1.165) is 31.8 Å². The van der Waals surface area contributed by atoms with Crippen LogP contribution in [0.1, 0.15) is 24.2 Å². The topological polar surface area (TPSA) is 86.9 Å². The van der Waals surface area contributed by atoms with Crippen molar-refractivity contribution in [2.24, 2.45) is 10.4 Å². The van der Waals surface area contributed by atoms with Crippen LogP contribution < -0.4 is 10.6 Å². The highest BCUT2D eigenvalue weighted by atomic mass is 19.4. The van der Waals surface area contributed by atoms with Crippen LogP contribution in [0.5, 0.6) is 0 Å². The molecule has 8 nitrogen and oxygen atoms in total. The van der Waals surface area contributed by atoms with Gasteiger partial charge in [-0.25, -0.2) is 15.0 Å². The molecule has 0 aromatic carbocycles. The third kappa shape index (κ3) is 2.96. The molecule has 3 aliphatic heterocycles. The lowest BCUT2D eigenvalue weighted by Crippen LogP contribution is -2.40. The van der Waals surface area contributed by atoms with Crippen molar-refractivity contribution in [2.75, 3.05) is 19.6 Å². The van der Waals surface area contributed by atoms with Gasteiger partial charge in [0.1, 0.15) is 11.9 Å². The van der Waals surface area contributed by atoms with Crippen LogP contribution in [0.15, 0.2) is 35.9 Å². The van der Waals surface area contributed by atoms with E-state index >= 15 is 0 Å². The third-order valence-corrected chi connectivity index (χ3v) is 5.81. The average molecular weight is 405 g/mol. The zero-order chi connectivity index (χ0) is 20.2. The maximum Gasteiger partial charge on any atom is 0.434 e. The van der Waals surface area contributed by atoms with Gasteiger partial charge in [-0.3, -0.25) is 14.1 Å². The van der Waals surface area contributed by atoms with Crippen LogP contribution in [0.3, 0.4) is 0 Å². The summed E-state index contributed by atoms with van der Waals surface area (Å²) in [5.41, 5.74) is -0.645. The zero-order valence-electron chi connectivity index (χ0n) is 15.3. The number of fused-ring (bicyclic) bond motifs is 1. The van der Waals surface area contributed by atoms with E-state index in [2.05, 4.69) is 30.5 Å². The molecule has 3 aliphatic rings. The molecule has 0 bridgehead atoms. The number of carbonyl (C=O) groups is 1. The van der Waals surface area contributed by atoms with Gasteiger partial charge in [0.25, 0.3) is 0 Å². The molecule has 0 saturated carbocycles. The Morgan fingerprint density at radius 1 is 1.21 bits per heavy atom. The third-order valence-electron chi connectivity index (χ3n) is 5.81. The fraction of sp³-hybridized carbons (Fsp3) is 0.444. The van der Waals surface area contributed by atoms with Gasteiger partial charge in [-0.1, -0.05) is 0 Å². The molecule has 1 spiro atoms. The number of amidine groups is 1. The number of hydrogen-bond donors (Lipinski definition) is 2. The Bertz CT molecular complexity index is 1040. The molecule has 2 unspecified atom stereocenters. The molecule has 2 fully saturated rings. The quantitative estimate of drug-likeness (QED) is 0.783. The molecule has 1 amide bonds. The number of likely N-dealkylation sites (tertiary alicyclic amines) is 1. The minimum absolute atomic E-state index is 0.0936. The van der Waals surface area contributed by atoms with Gasteiger partial charge in [0, 0.05) is 32.0 Å². The van der Waals surface area contributed by atoms with E-state index in [-0.39, 0.29) is 17.5 Å². The van der Waals surface area contributed by atoms with Gasteiger partial charge < -0.3 is 10.6 Å². The molecule has 29 heavy (non-hydrogen) atoms. The Labute approximate surface area is 163 Å². The Morgan fingerprint density at radius 3 is 2.83 bits per heavy atom. The highest BCUT2D eigenvalue weighted by Gasteiger charge is 2.48. The number of amides is 1. The van der Waals surface area contributed by atoms with Crippen molar-refractivity contribution >= 4 is 17.4 Å². The number of aliphatic imine (C=N–C) groups is 1. The molecule has 2 saturated heterocycles. The first-order valence-electron chi connectivity index (χ1n) is 9.30. The molecule has 2 N–H and O–H groups in total. The highest BCUT2D eigenvalue weighted by Crippen LogP contribution is 2.38. The fourth-order valence-electron chi connectivity index (χ4n) is 4.22. The second-order valence-corrected chi connectivity index (χ2v) is 7.54. The largest absolute Gasteiger partial charge is 0.434 e. The van der Waals surface area contributed by atoms with Crippen LogP contribution >= 0.6 is 0 Å². The number of hydrogen-bond acceptors (Lipinski definition) is 6. The van der Waals surface area contributed by atoms with Crippen molar-refractivity contribution in [1.29, 1.82) is 0 Å². The zero-order valence-corrected chi connectivity index (χ0v) is 15.3. The summed E-state index contributed by atoms with van der Waals surface area (Å²) in [6.45, 7) is 2.04. The van der Waals surface area contributed by atoms with E-state index in [4.69, 9.17) is 0 Å². The monoisotopic (exact) mass is 405 g/mol. The lowest BCUT2D eigenvalue weighted by Gasteiger charge is -2.27. The summed E-state index contributed by atoms with van der Waals surface area (Å²) in [4.78, 5) is 26.6. The van der Waals surface area contributed by atoms with Crippen LogP contribution in [0.4, 0.5) is 13.2 Å². The Kier molecular flexibility index (Phi) is 3.92. The van der Waals surface area contributed by atoms with Crippen LogP contribution in [-0.4, -0.2) is 56.8 Å². The predicted octanol–water partition coefficient (Wildman–Crippen LogP) is 1.15. The number of carbonyl (C=O) groups excluding carboxylic acids is 1. The molecular formula is C18H18F3N7O. The summed E-state index contributed by atoms with van der Waals surface area (Å²) < 4.78 is 40.5. The molecule has 5 rings (SSSR count). The number of halogens is 3. The van der Waals surface area contributed by atoms with Crippen molar-refractivity contribution in [3.8, 4) is 0 Å². The summed E-state index contributed by atoms with van der Waals surface area (Å²) in [7, 11) is 0. The minimum Gasteiger partial charge on any atom is -0.356 e. The van der Waals surface area contributed by atoms with Gasteiger partial charge in [-0.05, 0) is 18.9 Å². The Morgan fingerprint density at radius 2 is 2.07 bits per heavy atom. The van der Waals surface area contributed by atoms with Crippen molar-refractivity contribution in [3.05, 3.63) is 42.3 Å². The van der Waals surface area contributed by atoms with Crippen LogP contribution in [0, 0.1) is 5.41 Å². The summed E-state index contributed by atoms with van der Waals surface area (Å²) >= 11 is 0. The van der Waals surface area contributed by atoms with Gasteiger partial charge in [-0.15, -0.1) is 0 Å². The Balaban J connectivity index is 1.45. The second kappa shape index (κ2) is 6.28. The number of imidazole rings is 1. The smallest absolute Gasteiger partial charge is 0.356 e. The molecule has 5 heterocycles. The molecular weight excluding hydrogens is 387 g/mol. The number of nitrogens with one attached hydrogen (secondary N) is 2. The van der Waals surface area contributed by atoms with E-state index in [9.17, 15) is 18.0 Å². The number of aromatic nitrogens is 3. The first-order chi connectivity index (χ1) is 13.9. The van der Waals surface area contributed by atoms with Crippen molar-refractivity contribution in [3.63, 3.8) is 0 Å². The van der Waals surface area contributed by atoms with Gasteiger partial charge in [0.2, 0.25) is 5.91 Å². The van der Waals surface area contributed by atoms with Gasteiger partial charge in [0.05, 0.1) is 17.8 Å². The molecule has 2 aromatic heterocycles. The number of rotatable bonds is 2. The van der Waals surface area contributed by atoms with E-state index < -0.39 is 11.9 Å². The molecule has 2 atom stereocenters. The highest BCUT2D eigenvalue weighted by molar-refractivity contribution is 5.99. The lowest BCUT2D eigenvalue weighted by molar-refractivity contribution is -0.141. The van der Waals surface area contributed by atoms with Crippen LogP contribution in [0.25, 0.3) is 5.65 Å². The van der Waals surface area contributed by atoms with Crippen molar-refractivity contribution < 1.29 is 18.0 Å². The number of alkyl halides is 3. The van der Waals surface area contributed by atoms with Crippen molar-refractivity contribution in [1.82, 2.24) is 29.9 Å². The SMILES string of the molecule is O=C1NCCC12CCN(C1C=CNC(c3cnc4cnc(C(F)(F)F)cn34)=N1)C2. The van der Waals surface area contributed by atoms with Crippen LogP contribution in [-0.2, 0) is 11.0 Å². The summed E-state index contributed by atoms with van der Waals surface area (Å²) in [5.74, 6) is 0.511. The fourth-order valence-corrected chi connectivity index (χ4v) is 4.22. The summed E-state index contributed by atoms with van der Waals surface area (Å²) in [5, 5.41) is 5.90. The maximum atomic E-state index is 13.0. The Hall–Kier alpha value is -2.95. The van der Waals surface area contributed by atoms with Gasteiger partial charge in [0.15, 0.2) is 17.2 Å². The van der Waals surface area contributed by atoms with E-state index in [1.54, 1.807) is 6.20 Å². The standard InChI is InChI=1S/C18H18F3N7O/c19-18(20,21)12-9-28-11(7-25-14(28)8-24-12)15-22-4-1-13(26-15)27-6-3-17(10-27)2-5-23-16(17)29/h1,4,7-9,13H,2-3,5-6,10H2,(H,22,26)(H,23,29).